The second-order valence-electron chi connectivity index (χ2n) is 6.85. The smallest absolute Gasteiger partial charge is 0.138 e. The second kappa shape index (κ2) is 6.60. The van der Waals surface area contributed by atoms with Gasteiger partial charge in [-0.3, -0.25) is 0 Å². The standard InChI is InChI=1S/C16H30N4O/c1-8-16(7,21)10-18-13-11(3)12(17-9-2)19-14(20-13)15(4,5)6/h21H,8-10H2,1-7H3,(H2,17,18,19,20). The maximum atomic E-state index is 10.2. The van der Waals surface area contributed by atoms with E-state index in [-0.39, 0.29) is 5.41 Å². The van der Waals surface area contributed by atoms with Crippen LogP contribution in [-0.2, 0) is 5.41 Å². The van der Waals surface area contributed by atoms with Crippen LogP contribution in [0.5, 0.6) is 0 Å². The molecule has 0 fully saturated rings. The second-order valence-corrected chi connectivity index (χ2v) is 6.85. The molecule has 0 bridgehead atoms. The van der Waals surface area contributed by atoms with Gasteiger partial charge in [-0.15, -0.1) is 0 Å². The van der Waals surface area contributed by atoms with E-state index in [9.17, 15) is 5.11 Å². The van der Waals surface area contributed by atoms with Crippen LogP contribution in [0.15, 0.2) is 0 Å². The lowest BCUT2D eigenvalue weighted by molar-refractivity contribution is 0.0696. The van der Waals surface area contributed by atoms with E-state index >= 15 is 0 Å². The van der Waals surface area contributed by atoms with Gasteiger partial charge in [0.25, 0.3) is 0 Å². The molecule has 1 aromatic heterocycles. The van der Waals surface area contributed by atoms with Crippen molar-refractivity contribution in [2.45, 2.75) is 65.9 Å². The van der Waals surface area contributed by atoms with Gasteiger partial charge in [0.15, 0.2) is 0 Å². The predicted octanol–water partition coefficient (Wildman–Crippen LogP) is 3.09. The van der Waals surface area contributed by atoms with E-state index in [1.54, 1.807) is 0 Å². The van der Waals surface area contributed by atoms with Crippen LogP contribution in [0, 0.1) is 6.92 Å². The van der Waals surface area contributed by atoms with Crippen LogP contribution in [0.4, 0.5) is 11.6 Å². The number of hydrogen-bond donors (Lipinski definition) is 3. The summed E-state index contributed by atoms with van der Waals surface area (Å²) in [6, 6.07) is 0. The Labute approximate surface area is 128 Å². The third-order valence-electron chi connectivity index (χ3n) is 3.56. The van der Waals surface area contributed by atoms with Crippen molar-refractivity contribution in [1.82, 2.24) is 9.97 Å². The van der Waals surface area contributed by atoms with Crippen molar-refractivity contribution < 1.29 is 5.11 Å². The van der Waals surface area contributed by atoms with Gasteiger partial charge in [0.05, 0.1) is 5.60 Å². The molecule has 1 aromatic rings. The SMILES string of the molecule is CCNc1nc(C(C)(C)C)nc(NCC(C)(O)CC)c1C. The molecule has 0 amide bonds. The molecule has 120 valence electrons. The fourth-order valence-corrected chi connectivity index (χ4v) is 1.76. The molecule has 5 nitrogen and oxygen atoms in total. The molecule has 0 saturated carbocycles. The maximum Gasteiger partial charge on any atom is 0.138 e. The van der Waals surface area contributed by atoms with Crippen LogP contribution in [0.25, 0.3) is 0 Å². The van der Waals surface area contributed by atoms with Gasteiger partial charge in [-0.05, 0) is 27.2 Å². The fourth-order valence-electron chi connectivity index (χ4n) is 1.76. The van der Waals surface area contributed by atoms with Crippen LogP contribution < -0.4 is 10.6 Å². The largest absolute Gasteiger partial charge is 0.388 e. The van der Waals surface area contributed by atoms with Crippen molar-refractivity contribution in [3.05, 3.63) is 11.4 Å². The minimum Gasteiger partial charge on any atom is -0.388 e. The summed E-state index contributed by atoms with van der Waals surface area (Å²) in [5.74, 6) is 2.44. The highest BCUT2D eigenvalue weighted by atomic mass is 16.3. The molecule has 21 heavy (non-hydrogen) atoms. The Morgan fingerprint density at radius 2 is 1.52 bits per heavy atom. The molecule has 0 aliphatic rings. The number of nitrogens with zero attached hydrogens (tertiary/aromatic N) is 2. The normalized spacial score (nSPS) is 14.7. The van der Waals surface area contributed by atoms with Crippen molar-refractivity contribution >= 4 is 11.6 Å². The van der Waals surface area contributed by atoms with E-state index in [4.69, 9.17) is 0 Å². The molecule has 0 aliphatic carbocycles. The number of anilines is 2. The first kappa shape index (κ1) is 17.7. The van der Waals surface area contributed by atoms with E-state index in [1.165, 1.54) is 0 Å². The monoisotopic (exact) mass is 294 g/mol. The summed E-state index contributed by atoms with van der Waals surface area (Å²) in [7, 11) is 0. The molecule has 0 spiro atoms. The number of hydrogen-bond acceptors (Lipinski definition) is 5. The minimum atomic E-state index is -0.738. The van der Waals surface area contributed by atoms with Gasteiger partial charge >= 0.3 is 0 Å². The Balaban J connectivity index is 3.14. The van der Waals surface area contributed by atoms with E-state index in [1.807, 2.05) is 27.7 Å². The van der Waals surface area contributed by atoms with Crippen molar-refractivity contribution in [2.24, 2.45) is 0 Å². The van der Waals surface area contributed by atoms with Crippen LogP contribution in [-0.4, -0.2) is 33.8 Å². The number of aliphatic hydroxyl groups is 1. The number of rotatable bonds is 6. The van der Waals surface area contributed by atoms with Gasteiger partial charge in [-0.2, -0.15) is 0 Å². The molecule has 1 unspecified atom stereocenters. The summed E-state index contributed by atoms with van der Waals surface area (Å²) in [5, 5.41) is 16.7. The third kappa shape index (κ3) is 4.84. The molecule has 5 heteroatoms. The Morgan fingerprint density at radius 1 is 1.00 bits per heavy atom. The van der Waals surface area contributed by atoms with E-state index in [0.29, 0.717) is 13.0 Å². The summed E-state index contributed by atoms with van der Waals surface area (Å²) >= 11 is 0. The lowest BCUT2D eigenvalue weighted by Gasteiger charge is -2.25. The van der Waals surface area contributed by atoms with Crippen LogP contribution in [0.3, 0.4) is 0 Å². The molecular weight excluding hydrogens is 264 g/mol. The van der Waals surface area contributed by atoms with Gasteiger partial charge in [0, 0.05) is 24.1 Å². The average Bonchev–Trinajstić information content (AvgIpc) is 2.38. The average molecular weight is 294 g/mol. The highest BCUT2D eigenvalue weighted by Gasteiger charge is 2.23. The molecule has 0 radical (unpaired) electrons. The zero-order valence-electron chi connectivity index (χ0n) is 14.5. The van der Waals surface area contributed by atoms with E-state index < -0.39 is 5.60 Å². The molecule has 1 rings (SSSR count). The zero-order valence-corrected chi connectivity index (χ0v) is 14.5. The molecule has 3 N–H and O–H groups in total. The van der Waals surface area contributed by atoms with Gasteiger partial charge in [0.1, 0.15) is 17.5 Å². The Morgan fingerprint density at radius 3 is 1.95 bits per heavy atom. The molecule has 0 aliphatic heterocycles. The molecular formula is C16H30N4O. The molecule has 0 aromatic carbocycles. The molecule has 0 saturated heterocycles. The molecule has 1 atom stereocenters. The summed E-state index contributed by atoms with van der Waals surface area (Å²) in [5.41, 5.74) is 0.121. The lowest BCUT2D eigenvalue weighted by Crippen LogP contribution is -2.33. The van der Waals surface area contributed by atoms with E-state index in [0.717, 1.165) is 29.6 Å². The third-order valence-corrected chi connectivity index (χ3v) is 3.56. The van der Waals surface area contributed by atoms with E-state index in [2.05, 4.69) is 41.4 Å². The van der Waals surface area contributed by atoms with Gasteiger partial charge in [-0.25, -0.2) is 9.97 Å². The summed E-state index contributed by atoms with van der Waals surface area (Å²) in [4.78, 5) is 9.28. The van der Waals surface area contributed by atoms with Crippen LogP contribution in [0.2, 0.25) is 0 Å². The molecule has 1 heterocycles. The van der Waals surface area contributed by atoms with Gasteiger partial charge in [0.2, 0.25) is 0 Å². The highest BCUT2D eigenvalue weighted by molar-refractivity contribution is 5.57. The highest BCUT2D eigenvalue weighted by Crippen LogP contribution is 2.26. The zero-order chi connectivity index (χ0) is 16.3. The quantitative estimate of drug-likeness (QED) is 0.752. The minimum absolute atomic E-state index is 0.123. The van der Waals surface area contributed by atoms with Crippen molar-refractivity contribution in [1.29, 1.82) is 0 Å². The van der Waals surface area contributed by atoms with Gasteiger partial charge in [-0.1, -0.05) is 27.7 Å². The Kier molecular flexibility index (Phi) is 5.56. The topological polar surface area (TPSA) is 70.1 Å². The number of nitrogens with one attached hydrogen (secondary N) is 2. The van der Waals surface area contributed by atoms with Crippen LogP contribution in [0.1, 0.15) is 59.4 Å². The first-order chi connectivity index (χ1) is 9.60. The van der Waals surface area contributed by atoms with Crippen molar-refractivity contribution in [3.8, 4) is 0 Å². The fraction of sp³-hybridized carbons (Fsp3) is 0.750. The lowest BCUT2D eigenvalue weighted by atomic mass is 9.95. The van der Waals surface area contributed by atoms with Gasteiger partial charge < -0.3 is 15.7 Å². The van der Waals surface area contributed by atoms with Crippen LogP contribution >= 0.6 is 0 Å². The Bertz CT molecular complexity index is 478. The van der Waals surface area contributed by atoms with Crippen molar-refractivity contribution in [2.75, 3.05) is 23.7 Å². The predicted molar refractivity (Wildman–Crippen MR) is 89.0 cm³/mol. The summed E-state index contributed by atoms with van der Waals surface area (Å²) < 4.78 is 0. The first-order valence-electron chi connectivity index (χ1n) is 7.70. The van der Waals surface area contributed by atoms with Crippen molar-refractivity contribution in [3.63, 3.8) is 0 Å². The maximum absolute atomic E-state index is 10.2. The summed E-state index contributed by atoms with van der Waals surface area (Å²) in [6.45, 7) is 15.4. The number of aromatic nitrogens is 2. The summed E-state index contributed by atoms with van der Waals surface area (Å²) in [6.07, 6.45) is 0.691. The first-order valence-corrected chi connectivity index (χ1v) is 7.70. The Hall–Kier alpha value is -1.36.